The standard InChI is InChI=1S/C18H21Cl2N3OS/c1-23(2)17(12-5-4-6-16(7-12)24-3)11-21-18(25)22-15-9-13(19)8-14(20)10-15/h4-10,17H,11H2,1-3H3,(H2,21,22,25)/t17-/m0/s1. The molecule has 7 heteroatoms. The van der Waals surface area contributed by atoms with Crippen LogP contribution in [-0.4, -0.2) is 37.8 Å². The van der Waals surface area contributed by atoms with Crippen molar-refractivity contribution in [1.29, 1.82) is 0 Å². The van der Waals surface area contributed by atoms with Gasteiger partial charge in [0.2, 0.25) is 0 Å². The quantitative estimate of drug-likeness (QED) is 0.696. The fraction of sp³-hybridized carbons (Fsp3) is 0.278. The number of halogens is 2. The van der Waals surface area contributed by atoms with Gasteiger partial charge in [-0.1, -0.05) is 35.3 Å². The molecule has 2 aromatic carbocycles. The summed E-state index contributed by atoms with van der Waals surface area (Å²) in [6.45, 7) is 0.639. The topological polar surface area (TPSA) is 36.5 Å². The van der Waals surface area contributed by atoms with Crippen molar-refractivity contribution in [2.45, 2.75) is 6.04 Å². The van der Waals surface area contributed by atoms with E-state index in [0.717, 1.165) is 17.0 Å². The Labute approximate surface area is 164 Å². The second-order valence-corrected chi connectivity index (χ2v) is 7.03. The number of likely N-dealkylation sites (N-methyl/N-ethyl adjacent to an activating group) is 1. The lowest BCUT2D eigenvalue weighted by Crippen LogP contribution is -2.36. The molecule has 1 atom stereocenters. The highest BCUT2D eigenvalue weighted by molar-refractivity contribution is 7.80. The summed E-state index contributed by atoms with van der Waals surface area (Å²) in [5, 5.41) is 7.96. The molecule has 0 aliphatic heterocycles. The summed E-state index contributed by atoms with van der Waals surface area (Å²) in [6, 6.07) is 13.4. The van der Waals surface area contributed by atoms with Crippen LogP contribution in [0.25, 0.3) is 0 Å². The molecule has 0 amide bonds. The van der Waals surface area contributed by atoms with Crippen molar-refractivity contribution in [3.63, 3.8) is 0 Å². The van der Waals surface area contributed by atoms with E-state index in [2.05, 4.69) is 21.6 Å². The predicted octanol–water partition coefficient (Wildman–Crippen LogP) is 4.59. The molecule has 0 spiro atoms. The fourth-order valence-electron chi connectivity index (χ4n) is 2.44. The van der Waals surface area contributed by atoms with Gasteiger partial charge in [0, 0.05) is 22.3 Å². The first-order valence-corrected chi connectivity index (χ1v) is 8.87. The largest absolute Gasteiger partial charge is 0.497 e. The van der Waals surface area contributed by atoms with Crippen LogP contribution in [0.15, 0.2) is 42.5 Å². The van der Waals surface area contributed by atoms with Gasteiger partial charge in [0.25, 0.3) is 0 Å². The van der Waals surface area contributed by atoms with E-state index < -0.39 is 0 Å². The average Bonchev–Trinajstić information content (AvgIpc) is 2.54. The maximum absolute atomic E-state index is 6.00. The van der Waals surface area contributed by atoms with E-state index in [-0.39, 0.29) is 6.04 Å². The van der Waals surface area contributed by atoms with Crippen molar-refractivity contribution in [3.8, 4) is 5.75 Å². The number of anilines is 1. The molecule has 0 aromatic heterocycles. The molecule has 0 bridgehead atoms. The van der Waals surface area contributed by atoms with Crippen LogP contribution in [0.1, 0.15) is 11.6 Å². The first-order chi connectivity index (χ1) is 11.9. The van der Waals surface area contributed by atoms with E-state index in [9.17, 15) is 0 Å². The van der Waals surface area contributed by atoms with E-state index >= 15 is 0 Å². The number of nitrogens with zero attached hydrogens (tertiary/aromatic N) is 1. The summed E-state index contributed by atoms with van der Waals surface area (Å²) in [5.74, 6) is 0.832. The Bertz CT molecular complexity index is 720. The van der Waals surface area contributed by atoms with Gasteiger partial charge in [-0.05, 0) is 62.2 Å². The Kier molecular flexibility index (Phi) is 7.32. The van der Waals surface area contributed by atoms with Gasteiger partial charge in [-0.3, -0.25) is 0 Å². The van der Waals surface area contributed by atoms with Gasteiger partial charge in [-0.2, -0.15) is 0 Å². The Morgan fingerprint density at radius 3 is 2.44 bits per heavy atom. The first kappa shape index (κ1) is 19.8. The SMILES string of the molecule is COc1cccc([C@H](CNC(=S)Nc2cc(Cl)cc(Cl)c2)N(C)C)c1. The lowest BCUT2D eigenvalue weighted by Gasteiger charge is -2.26. The highest BCUT2D eigenvalue weighted by Crippen LogP contribution is 2.23. The van der Waals surface area contributed by atoms with Crippen LogP contribution < -0.4 is 15.4 Å². The van der Waals surface area contributed by atoms with Crippen molar-refractivity contribution in [2.75, 3.05) is 33.1 Å². The zero-order valence-corrected chi connectivity index (χ0v) is 16.7. The Balaban J connectivity index is 2.01. The number of benzene rings is 2. The summed E-state index contributed by atoms with van der Waals surface area (Å²) in [7, 11) is 5.72. The maximum atomic E-state index is 6.00. The minimum Gasteiger partial charge on any atom is -0.497 e. The molecule has 0 aliphatic rings. The first-order valence-electron chi connectivity index (χ1n) is 7.70. The van der Waals surface area contributed by atoms with Gasteiger partial charge < -0.3 is 20.3 Å². The van der Waals surface area contributed by atoms with Crippen LogP contribution in [0, 0.1) is 0 Å². The fourth-order valence-corrected chi connectivity index (χ4v) is 3.17. The molecule has 0 saturated heterocycles. The smallest absolute Gasteiger partial charge is 0.170 e. The van der Waals surface area contributed by atoms with Crippen LogP contribution >= 0.6 is 35.4 Å². The number of hydrogen-bond donors (Lipinski definition) is 2. The third-order valence-corrected chi connectivity index (χ3v) is 4.36. The molecule has 0 radical (unpaired) electrons. The normalized spacial score (nSPS) is 11.9. The van der Waals surface area contributed by atoms with Crippen molar-refractivity contribution < 1.29 is 4.74 Å². The predicted molar refractivity (Wildman–Crippen MR) is 110 cm³/mol. The van der Waals surface area contributed by atoms with E-state index in [1.165, 1.54) is 0 Å². The van der Waals surface area contributed by atoms with Gasteiger partial charge >= 0.3 is 0 Å². The molecule has 134 valence electrons. The molecule has 0 aliphatic carbocycles. The second-order valence-electron chi connectivity index (χ2n) is 5.75. The van der Waals surface area contributed by atoms with Crippen LogP contribution in [0.2, 0.25) is 10.0 Å². The number of nitrogens with one attached hydrogen (secondary N) is 2. The maximum Gasteiger partial charge on any atom is 0.170 e. The van der Waals surface area contributed by atoms with Crippen LogP contribution in [0.5, 0.6) is 5.75 Å². The van der Waals surface area contributed by atoms with Gasteiger partial charge in [0.1, 0.15) is 5.75 Å². The molecule has 2 rings (SSSR count). The summed E-state index contributed by atoms with van der Waals surface area (Å²) in [6.07, 6.45) is 0. The summed E-state index contributed by atoms with van der Waals surface area (Å²) < 4.78 is 5.31. The number of ether oxygens (including phenoxy) is 1. The number of rotatable bonds is 6. The molecular formula is C18H21Cl2N3OS. The minimum atomic E-state index is 0.137. The number of hydrogen-bond acceptors (Lipinski definition) is 3. The van der Waals surface area contributed by atoms with Crippen molar-refractivity contribution in [2.24, 2.45) is 0 Å². The van der Waals surface area contributed by atoms with E-state index in [0.29, 0.717) is 21.7 Å². The van der Waals surface area contributed by atoms with Gasteiger partial charge in [0.15, 0.2) is 5.11 Å². The molecule has 2 aromatic rings. The van der Waals surface area contributed by atoms with E-state index in [1.54, 1.807) is 25.3 Å². The molecule has 0 saturated carbocycles. The third kappa shape index (κ3) is 6.04. The Morgan fingerprint density at radius 1 is 1.16 bits per heavy atom. The zero-order valence-electron chi connectivity index (χ0n) is 14.3. The van der Waals surface area contributed by atoms with Gasteiger partial charge in [-0.15, -0.1) is 0 Å². The van der Waals surface area contributed by atoms with Gasteiger partial charge in [0.05, 0.1) is 13.2 Å². The highest BCUT2D eigenvalue weighted by Gasteiger charge is 2.15. The molecular weight excluding hydrogens is 377 g/mol. The van der Waals surface area contributed by atoms with Crippen molar-refractivity contribution >= 4 is 46.2 Å². The number of thiocarbonyl (C=S) groups is 1. The second kappa shape index (κ2) is 9.25. The van der Waals surface area contributed by atoms with Gasteiger partial charge in [-0.25, -0.2) is 0 Å². The summed E-state index contributed by atoms with van der Waals surface area (Å²) in [4.78, 5) is 2.13. The highest BCUT2D eigenvalue weighted by atomic mass is 35.5. The summed E-state index contributed by atoms with van der Waals surface area (Å²) in [5.41, 5.74) is 1.89. The Hall–Kier alpha value is -1.53. The van der Waals surface area contributed by atoms with Crippen molar-refractivity contribution in [1.82, 2.24) is 10.2 Å². The molecule has 25 heavy (non-hydrogen) atoms. The lowest BCUT2D eigenvalue weighted by molar-refractivity contribution is 0.298. The molecule has 0 heterocycles. The average molecular weight is 398 g/mol. The lowest BCUT2D eigenvalue weighted by atomic mass is 10.1. The van der Waals surface area contributed by atoms with Crippen LogP contribution in [0.4, 0.5) is 5.69 Å². The van der Waals surface area contributed by atoms with Crippen LogP contribution in [0.3, 0.4) is 0 Å². The monoisotopic (exact) mass is 397 g/mol. The van der Waals surface area contributed by atoms with Crippen LogP contribution in [-0.2, 0) is 0 Å². The van der Waals surface area contributed by atoms with E-state index in [1.807, 2.05) is 32.3 Å². The van der Waals surface area contributed by atoms with Crippen molar-refractivity contribution in [3.05, 3.63) is 58.1 Å². The Morgan fingerprint density at radius 2 is 1.84 bits per heavy atom. The molecule has 0 fully saturated rings. The molecule has 2 N–H and O–H groups in total. The van der Waals surface area contributed by atoms with E-state index in [4.69, 9.17) is 40.2 Å². The summed E-state index contributed by atoms with van der Waals surface area (Å²) >= 11 is 17.4. The molecule has 0 unspecified atom stereocenters. The third-order valence-electron chi connectivity index (χ3n) is 3.68. The minimum absolute atomic E-state index is 0.137. The zero-order chi connectivity index (χ0) is 18.4. The number of methoxy groups -OCH3 is 1. The molecule has 4 nitrogen and oxygen atoms in total.